The number of likely N-dealkylation sites (N-methyl/N-ethyl adjacent to an activating group) is 1. The number of aliphatic hydroxyl groups excluding tert-OH is 1. The van der Waals surface area contributed by atoms with Crippen molar-refractivity contribution in [2.45, 2.75) is 0 Å². The van der Waals surface area contributed by atoms with Crippen LogP contribution in [0.3, 0.4) is 0 Å². The van der Waals surface area contributed by atoms with E-state index in [1.54, 1.807) is 0 Å². The number of hydrogen-bond acceptors (Lipinski definition) is 1. The second-order valence-corrected chi connectivity index (χ2v) is 2.74. The predicted octanol–water partition coefficient (Wildman–Crippen LogP) is -1.19. The number of quaternary nitrogens is 1. The van der Waals surface area contributed by atoms with E-state index in [-0.39, 0.29) is 78.1 Å². The molecule has 0 aliphatic carbocycles. The molecule has 0 unspecified atom stereocenters. The Bertz CT molecular complexity index is 58.1. The van der Waals surface area contributed by atoms with Gasteiger partial charge in [-0.15, -0.1) is 12.4 Å². The first-order valence-electron chi connectivity index (χ1n) is 2.47. The fraction of sp³-hybridized carbons (Fsp3) is 1.00. The fourth-order valence-corrected chi connectivity index (χ4v) is 0.300. The van der Waals surface area contributed by atoms with Gasteiger partial charge in [-0.1, -0.05) is 0 Å². The Labute approximate surface area is 114 Å². The third-order valence-electron chi connectivity index (χ3n) is 0.771. The zero-order valence-corrected chi connectivity index (χ0v) is 6.53. The van der Waals surface area contributed by atoms with Crippen LogP contribution in [-0.2, 0) is 0 Å². The number of halogens is 1. The molecule has 0 aromatic rings. The summed E-state index contributed by atoms with van der Waals surface area (Å²) in [6.07, 6.45) is 0. The minimum atomic E-state index is 0. The third kappa shape index (κ3) is 22.5. The fourth-order valence-electron chi connectivity index (χ4n) is 0.300. The molecular formula is C5H17ClNNa2O+. The van der Waals surface area contributed by atoms with Gasteiger partial charge in [0.15, 0.2) is 0 Å². The molecule has 10 heavy (non-hydrogen) atoms. The van der Waals surface area contributed by atoms with Gasteiger partial charge >= 0.3 is 59.1 Å². The van der Waals surface area contributed by atoms with Gasteiger partial charge in [0, 0.05) is 0 Å². The molecule has 5 heteroatoms. The molecule has 0 atom stereocenters. The minimum absolute atomic E-state index is 0. The van der Waals surface area contributed by atoms with Crippen LogP contribution in [0.1, 0.15) is 0 Å². The average molecular weight is 189 g/mol. The van der Waals surface area contributed by atoms with Crippen LogP contribution in [0.2, 0.25) is 0 Å². The maximum atomic E-state index is 8.39. The second-order valence-electron chi connectivity index (χ2n) is 2.74. The van der Waals surface area contributed by atoms with Crippen molar-refractivity contribution in [2.24, 2.45) is 0 Å². The summed E-state index contributed by atoms with van der Waals surface area (Å²) in [5.41, 5.74) is 0. The van der Waals surface area contributed by atoms with E-state index in [1.807, 2.05) is 0 Å². The molecule has 2 nitrogen and oxygen atoms in total. The third-order valence-corrected chi connectivity index (χ3v) is 0.771. The van der Waals surface area contributed by atoms with Crippen LogP contribution in [0.4, 0.5) is 0 Å². The van der Waals surface area contributed by atoms with Crippen molar-refractivity contribution in [2.75, 3.05) is 34.3 Å². The molecule has 1 N–H and O–H groups in total. The van der Waals surface area contributed by atoms with E-state index < -0.39 is 0 Å². The Hall–Kier alpha value is 2.21. The summed E-state index contributed by atoms with van der Waals surface area (Å²) in [6.45, 7) is 1.11. The summed E-state index contributed by atoms with van der Waals surface area (Å²) in [5.74, 6) is 0. The zero-order chi connectivity index (χ0) is 5.91. The van der Waals surface area contributed by atoms with Crippen molar-refractivity contribution in [1.82, 2.24) is 0 Å². The van der Waals surface area contributed by atoms with Crippen molar-refractivity contribution < 1.29 is 9.59 Å². The van der Waals surface area contributed by atoms with Crippen LogP contribution in [0.5, 0.6) is 0 Å². The van der Waals surface area contributed by atoms with Crippen LogP contribution >= 0.6 is 12.4 Å². The summed E-state index contributed by atoms with van der Waals surface area (Å²) in [6, 6.07) is 0. The van der Waals surface area contributed by atoms with Gasteiger partial charge in [0.1, 0.15) is 6.54 Å². The Balaban J connectivity index is -0.0000000600. The predicted molar refractivity (Wildman–Crippen MR) is 51.5 cm³/mol. The van der Waals surface area contributed by atoms with Crippen molar-refractivity contribution >= 4 is 71.5 Å². The van der Waals surface area contributed by atoms with Gasteiger partial charge in [-0.25, -0.2) is 0 Å². The second kappa shape index (κ2) is 11.2. The van der Waals surface area contributed by atoms with Crippen LogP contribution in [0, 0.1) is 0 Å². The van der Waals surface area contributed by atoms with E-state index >= 15 is 0 Å². The standard InChI is InChI=1S/C5H14NO.ClH.2Na.2H/c1-6(2,3)4-5-7;;;;;/h7H,4-5H2,1-3H3;1H;;;;/q+1;;;;;. The zero-order valence-electron chi connectivity index (χ0n) is 5.72. The monoisotopic (exact) mass is 188 g/mol. The molecule has 0 fully saturated rings. The Morgan fingerprint density at radius 1 is 1.10 bits per heavy atom. The Kier molecular flexibility index (Phi) is 25.5. The van der Waals surface area contributed by atoms with Crippen LogP contribution in [-0.4, -0.2) is 103 Å². The van der Waals surface area contributed by atoms with Gasteiger partial charge in [-0.2, -0.15) is 0 Å². The number of rotatable bonds is 2. The van der Waals surface area contributed by atoms with Crippen molar-refractivity contribution in [3.63, 3.8) is 0 Å². The van der Waals surface area contributed by atoms with E-state index in [2.05, 4.69) is 21.1 Å². The first kappa shape index (κ1) is 22.8. The summed E-state index contributed by atoms with van der Waals surface area (Å²) in [4.78, 5) is 0. The first-order chi connectivity index (χ1) is 3.06. The van der Waals surface area contributed by atoms with Gasteiger partial charge in [0.05, 0.1) is 27.7 Å². The normalized spacial score (nSPS) is 8.40. The number of hydrogen-bond donors (Lipinski definition) is 1. The van der Waals surface area contributed by atoms with Crippen molar-refractivity contribution in [1.29, 1.82) is 0 Å². The van der Waals surface area contributed by atoms with Gasteiger partial charge in [0.25, 0.3) is 0 Å². The molecule has 56 valence electrons. The molecule has 0 bridgehead atoms. The van der Waals surface area contributed by atoms with Gasteiger partial charge in [0.2, 0.25) is 0 Å². The van der Waals surface area contributed by atoms with E-state index in [9.17, 15) is 0 Å². The van der Waals surface area contributed by atoms with Gasteiger partial charge in [-0.05, 0) is 0 Å². The Morgan fingerprint density at radius 3 is 1.40 bits per heavy atom. The molecule has 0 saturated heterocycles. The first-order valence-corrected chi connectivity index (χ1v) is 2.47. The molecule has 0 saturated carbocycles. The molecule has 0 spiro atoms. The molecule has 0 aromatic heterocycles. The van der Waals surface area contributed by atoms with Crippen LogP contribution in [0.25, 0.3) is 0 Å². The SMILES string of the molecule is C[N+](C)(C)CCO.Cl.[NaH].[NaH]. The molecule has 0 aromatic carbocycles. The molecule has 0 heterocycles. The quantitative estimate of drug-likeness (QED) is 0.427. The molecular weight excluding hydrogens is 171 g/mol. The number of aliphatic hydroxyl groups is 1. The molecule has 0 aliphatic heterocycles. The molecule has 0 aliphatic rings. The molecule has 0 amide bonds. The van der Waals surface area contributed by atoms with Crippen molar-refractivity contribution in [3.05, 3.63) is 0 Å². The van der Waals surface area contributed by atoms with Crippen LogP contribution < -0.4 is 0 Å². The summed E-state index contributed by atoms with van der Waals surface area (Å²) in [7, 11) is 6.16. The van der Waals surface area contributed by atoms with E-state index in [0.717, 1.165) is 11.0 Å². The van der Waals surface area contributed by atoms with E-state index in [4.69, 9.17) is 5.11 Å². The van der Waals surface area contributed by atoms with Crippen LogP contribution in [0.15, 0.2) is 0 Å². The van der Waals surface area contributed by atoms with E-state index in [0.29, 0.717) is 0 Å². The van der Waals surface area contributed by atoms with Gasteiger partial charge < -0.3 is 9.59 Å². The van der Waals surface area contributed by atoms with Gasteiger partial charge in [-0.3, -0.25) is 0 Å². The summed E-state index contributed by atoms with van der Waals surface area (Å²) < 4.78 is 0.844. The topological polar surface area (TPSA) is 20.2 Å². The molecule has 0 radical (unpaired) electrons. The summed E-state index contributed by atoms with van der Waals surface area (Å²) in [5, 5.41) is 8.39. The number of nitrogens with zero attached hydrogens (tertiary/aromatic N) is 1. The van der Waals surface area contributed by atoms with E-state index in [1.165, 1.54) is 0 Å². The van der Waals surface area contributed by atoms with Crippen molar-refractivity contribution in [3.8, 4) is 0 Å². The summed E-state index contributed by atoms with van der Waals surface area (Å²) >= 11 is 0. The Morgan fingerprint density at radius 2 is 1.40 bits per heavy atom. The maximum absolute atomic E-state index is 8.39. The molecule has 0 rings (SSSR count). The average Bonchev–Trinajstić information content (AvgIpc) is 1.30.